The Kier molecular flexibility index (Phi) is 4.79. The molecule has 142 valence electrons. The minimum atomic E-state index is -0.990. The number of nitrogens with zero attached hydrogens (tertiary/aromatic N) is 2. The first-order chi connectivity index (χ1) is 14.0. The molecule has 29 heavy (non-hydrogen) atoms. The molecule has 0 bridgehead atoms. The van der Waals surface area contributed by atoms with Crippen molar-refractivity contribution >= 4 is 29.5 Å². The van der Waals surface area contributed by atoms with Crippen LogP contribution in [0.1, 0.15) is 27.0 Å². The molecule has 0 saturated heterocycles. The van der Waals surface area contributed by atoms with E-state index in [-0.39, 0.29) is 11.5 Å². The van der Waals surface area contributed by atoms with Crippen molar-refractivity contribution in [3.8, 4) is 0 Å². The number of aromatic carboxylic acids is 1. The first kappa shape index (κ1) is 18.4. The topological polar surface area (TPSA) is 70.0 Å². The van der Waals surface area contributed by atoms with Gasteiger partial charge in [0.25, 0.3) is 5.91 Å². The molecule has 0 fully saturated rings. The zero-order chi connectivity index (χ0) is 20.4. The van der Waals surface area contributed by atoms with Gasteiger partial charge in [0, 0.05) is 5.56 Å². The highest BCUT2D eigenvalue weighted by molar-refractivity contribution is 6.33. The second kappa shape index (κ2) is 7.56. The Balaban J connectivity index is 1.77. The molecule has 1 amide bonds. The summed E-state index contributed by atoms with van der Waals surface area (Å²) in [5.41, 5.74) is 3.91. The lowest BCUT2D eigenvalue weighted by molar-refractivity contribution is -0.113. The van der Waals surface area contributed by atoms with Gasteiger partial charge in [0.2, 0.25) is 0 Å². The van der Waals surface area contributed by atoms with E-state index in [1.807, 2.05) is 61.5 Å². The van der Waals surface area contributed by atoms with Gasteiger partial charge in [-0.3, -0.25) is 9.69 Å². The maximum atomic E-state index is 13.2. The van der Waals surface area contributed by atoms with Crippen LogP contribution >= 0.6 is 0 Å². The Morgan fingerprint density at radius 2 is 1.59 bits per heavy atom. The fraction of sp³-hybridized carbons (Fsp3) is 0.0417. The molecule has 0 aromatic heterocycles. The third-order valence-electron chi connectivity index (χ3n) is 4.65. The number of para-hydroxylation sites is 1. The average molecular weight is 382 g/mol. The van der Waals surface area contributed by atoms with E-state index in [0.29, 0.717) is 17.1 Å². The van der Waals surface area contributed by atoms with Crippen molar-refractivity contribution in [2.24, 2.45) is 4.99 Å². The monoisotopic (exact) mass is 382 g/mol. The predicted octanol–water partition coefficient (Wildman–Crippen LogP) is 4.53. The summed E-state index contributed by atoms with van der Waals surface area (Å²) in [6.45, 7) is 2.01. The molecule has 0 atom stereocenters. The van der Waals surface area contributed by atoms with Gasteiger partial charge >= 0.3 is 5.97 Å². The molecule has 1 aliphatic heterocycles. The first-order valence-corrected chi connectivity index (χ1v) is 9.13. The molecule has 0 radical (unpaired) electrons. The summed E-state index contributed by atoms with van der Waals surface area (Å²) in [5, 5.41) is 9.04. The zero-order valence-electron chi connectivity index (χ0n) is 15.7. The van der Waals surface area contributed by atoms with Crippen LogP contribution in [-0.4, -0.2) is 22.8 Å². The van der Waals surface area contributed by atoms with E-state index < -0.39 is 5.97 Å². The maximum Gasteiger partial charge on any atom is 0.335 e. The van der Waals surface area contributed by atoms with Gasteiger partial charge in [0.15, 0.2) is 0 Å². The highest BCUT2D eigenvalue weighted by Crippen LogP contribution is 2.28. The number of aliphatic imine (C=N–C) groups is 1. The van der Waals surface area contributed by atoms with Crippen LogP contribution in [0, 0.1) is 6.92 Å². The van der Waals surface area contributed by atoms with Crippen molar-refractivity contribution in [1.29, 1.82) is 0 Å². The number of carboxylic acids is 1. The molecule has 4 rings (SSSR count). The number of amidine groups is 1. The smallest absolute Gasteiger partial charge is 0.335 e. The minimum absolute atomic E-state index is 0.194. The molecule has 1 heterocycles. The third kappa shape index (κ3) is 3.71. The van der Waals surface area contributed by atoms with Gasteiger partial charge in [-0.2, -0.15) is 0 Å². The van der Waals surface area contributed by atoms with E-state index >= 15 is 0 Å². The largest absolute Gasteiger partial charge is 0.478 e. The number of carbonyl (C=O) groups excluding carboxylic acids is 1. The molecule has 1 aliphatic rings. The number of aryl methyl sites for hydroxylation is 1. The Hall–Kier alpha value is -3.99. The standard InChI is InChI=1S/C24H18N2O3/c1-16-7-11-18(12-8-16)22-25-21(15-17-9-13-19(14-10-17)24(28)29)23(27)26(22)20-5-3-2-4-6-20/h2-15H,1H3,(H,28,29)/b21-15+. The number of carboxylic acid groups (broad SMARTS) is 1. The molecule has 0 aliphatic carbocycles. The fourth-order valence-corrected chi connectivity index (χ4v) is 3.11. The van der Waals surface area contributed by atoms with Crippen LogP contribution < -0.4 is 4.90 Å². The van der Waals surface area contributed by atoms with Gasteiger partial charge in [-0.1, -0.05) is 60.2 Å². The minimum Gasteiger partial charge on any atom is -0.478 e. The summed E-state index contributed by atoms with van der Waals surface area (Å²) >= 11 is 0. The Morgan fingerprint density at radius 3 is 2.21 bits per heavy atom. The van der Waals surface area contributed by atoms with Gasteiger partial charge in [-0.25, -0.2) is 9.79 Å². The number of hydrogen-bond donors (Lipinski definition) is 1. The van der Waals surface area contributed by atoms with Crippen molar-refractivity contribution in [3.63, 3.8) is 0 Å². The number of benzene rings is 3. The molecular weight excluding hydrogens is 364 g/mol. The van der Waals surface area contributed by atoms with Crippen LogP contribution in [0.15, 0.2) is 89.6 Å². The lowest BCUT2D eigenvalue weighted by Gasteiger charge is -2.18. The maximum absolute atomic E-state index is 13.2. The first-order valence-electron chi connectivity index (χ1n) is 9.13. The summed E-state index contributed by atoms with van der Waals surface area (Å²) in [6.07, 6.45) is 1.67. The van der Waals surface area contributed by atoms with E-state index in [0.717, 1.165) is 16.8 Å². The average Bonchev–Trinajstić information content (AvgIpc) is 3.05. The second-order valence-corrected chi connectivity index (χ2v) is 6.73. The van der Waals surface area contributed by atoms with Crippen LogP contribution in [0.4, 0.5) is 5.69 Å². The number of hydrogen-bond acceptors (Lipinski definition) is 3. The summed E-state index contributed by atoms with van der Waals surface area (Å²) in [4.78, 5) is 30.4. The lowest BCUT2D eigenvalue weighted by atomic mass is 10.1. The quantitative estimate of drug-likeness (QED) is 0.674. The number of amides is 1. The third-order valence-corrected chi connectivity index (χ3v) is 4.65. The van der Waals surface area contributed by atoms with E-state index in [2.05, 4.69) is 4.99 Å². The van der Waals surface area contributed by atoms with Gasteiger partial charge in [-0.15, -0.1) is 0 Å². The zero-order valence-corrected chi connectivity index (χ0v) is 15.7. The molecule has 0 saturated carbocycles. The number of carbonyl (C=O) groups is 2. The molecule has 3 aromatic rings. The van der Waals surface area contributed by atoms with Crippen molar-refractivity contribution in [3.05, 3.63) is 107 Å². The van der Waals surface area contributed by atoms with Crippen molar-refractivity contribution in [1.82, 2.24) is 0 Å². The van der Waals surface area contributed by atoms with E-state index in [4.69, 9.17) is 5.11 Å². The van der Waals surface area contributed by atoms with Crippen LogP contribution in [0.5, 0.6) is 0 Å². The van der Waals surface area contributed by atoms with Gasteiger partial charge in [0.1, 0.15) is 11.5 Å². The molecule has 0 spiro atoms. The van der Waals surface area contributed by atoms with Crippen LogP contribution in [0.25, 0.3) is 6.08 Å². The molecule has 5 heteroatoms. The van der Waals surface area contributed by atoms with Crippen molar-refractivity contribution in [2.75, 3.05) is 4.90 Å². The van der Waals surface area contributed by atoms with Crippen molar-refractivity contribution < 1.29 is 14.7 Å². The van der Waals surface area contributed by atoms with Crippen LogP contribution in [-0.2, 0) is 4.79 Å². The lowest BCUT2D eigenvalue weighted by Crippen LogP contribution is -2.32. The predicted molar refractivity (Wildman–Crippen MR) is 113 cm³/mol. The Morgan fingerprint density at radius 1 is 0.931 bits per heavy atom. The summed E-state index contributed by atoms with van der Waals surface area (Å²) in [5.74, 6) is -0.653. The summed E-state index contributed by atoms with van der Waals surface area (Å²) < 4.78 is 0. The highest BCUT2D eigenvalue weighted by atomic mass is 16.4. The molecular formula is C24H18N2O3. The van der Waals surface area contributed by atoms with Gasteiger partial charge < -0.3 is 5.11 Å². The van der Waals surface area contributed by atoms with Crippen LogP contribution in [0.3, 0.4) is 0 Å². The Labute approximate surface area is 168 Å². The molecule has 1 N–H and O–H groups in total. The van der Waals surface area contributed by atoms with E-state index in [1.165, 1.54) is 12.1 Å². The molecule has 3 aromatic carbocycles. The SMILES string of the molecule is Cc1ccc(C2=N/C(=C/c3ccc(C(=O)O)cc3)C(=O)N2c2ccccc2)cc1. The number of rotatable bonds is 4. The Bertz CT molecular complexity index is 1130. The van der Waals surface area contributed by atoms with E-state index in [1.54, 1.807) is 23.1 Å². The number of anilines is 1. The van der Waals surface area contributed by atoms with Gasteiger partial charge in [-0.05, 0) is 42.8 Å². The van der Waals surface area contributed by atoms with Gasteiger partial charge in [0.05, 0.1) is 11.3 Å². The highest BCUT2D eigenvalue weighted by Gasteiger charge is 2.32. The summed E-state index contributed by atoms with van der Waals surface area (Å²) in [6, 6.07) is 23.6. The summed E-state index contributed by atoms with van der Waals surface area (Å²) in [7, 11) is 0. The molecule has 0 unspecified atom stereocenters. The van der Waals surface area contributed by atoms with Crippen LogP contribution in [0.2, 0.25) is 0 Å². The molecule has 5 nitrogen and oxygen atoms in total. The second-order valence-electron chi connectivity index (χ2n) is 6.73. The normalized spacial score (nSPS) is 14.9. The van der Waals surface area contributed by atoms with Crippen molar-refractivity contribution in [2.45, 2.75) is 6.92 Å². The van der Waals surface area contributed by atoms with E-state index in [9.17, 15) is 9.59 Å². The fourth-order valence-electron chi connectivity index (χ4n) is 3.11.